The number of carbonyl (C=O) groups is 1. The van der Waals surface area contributed by atoms with E-state index in [4.69, 9.17) is 0 Å². The number of carbonyl (C=O) groups excluding carboxylic acids is 1. The Morgan fingerprint density at radius 1 is 1.21 bits per heavy atom. The van der Waals surface area contributed by atoms with Crippen molar-refractivity contribution in [1.82, 2.24) is 9.55 Å². The van der Waals surface area contributed by atoms with Gasteiger partial charge >= 0.3 is 0 Å². The fourth-order valence-electron chi connectivity index (χ4n) is 2.12. The number of hydrogen-bond donors (Lipinski definition) is 0. The molecule has 2 heterocycles. The number of aryl methyl sites for hydroxylation is 1. The number of fused-ring (bicyclic) bond motifs is 1. The maximum atomic E-state index is 12.5. The quantitative estimate of drug-likeness (QED) is 0.640. The molecule has 19 heavy (non-hydrogen) atoms. The summed E-state index contributed by atoms with van der Waals surface area (Å²) in [5.41, 5.74) is 2.43. The Balaban J connectivity index is 2.19. The second kappa shape index (κ2) is 4.63. The Labute approximate surface area is 119 Å². The maximum Gasteiger partial charge on any atom is 0.263 e. The van der Waals surface area contributed by atoms with E-state index >= 15 is 0 Å². The van der Waals surface area contributed by atoms with Gasteiger partial charge in [-0.3, -0.25) is 9.36 Å². The Hall–Kier alpha value is -1.94. The van der Waals surface area contributed by atoms with Crippen LogP contribution in [0.2, 0.25) is 0 Å². The summed E-state index contributed by atoms with van der Waals surface area (Å²) in [4.78, 5) is 16.9. The van der Waals surface area contributed by atoms with Gasteiger partial charge in [-0.05, 0) is 52.7 Å². The van der Waals surface area contributed by atoms with Crippen LogP contribution in [0.3, 0.4) is 0 Å². The second-order valence-electron chi connectivity index (χ2n) is 4.36. The number of benzene rings is 1. The van der Waals surface area contributed by atoms with Crippen molar-refractivity contribution < 1.29 is 4.79 Å². The van der Waals surface area contributed by atoms with Gasteiger partial charge in [0.05, 0.1) is 0 Å². The third-order valence-corrected chi connectivity index (χ3v) is 3.48. The zero-order chi connectivity index (χ0) is 13.4. The lowest BCUT2D eigenvalue weighted by atomic mass is 10.2. The van der Waals surface area contributed by atoms with Crippen LogP contribution in [0.5, 0.6) is 0 Å². The summed E-state index contributed by atoms with van der Waals surface area (Å²) in [5, 5.41) is 0.993. The van der Waals surface area contributed by atoms with Crippen LogP contribution in [0.25, 0.3) is 11.0 Å². The number of rotatable bonds is 1. The van der Waals surface area contributed by atoms with Crippen LogP contribution >= 0.6 is 15.9 Å². The molecule has 0 radical (unpaired) electrons. The van der Waals surface area contributed by atoms with Crippen LogP contribution in [0.4, 0.5) is 0 Å². The highest BCUT2D eigenvalue weighted by Gasteiger charge is 2.13. The molecule has 0 N–H and O–H groups in total. The highest BCUT2D eigenvalue weighted by Crippen LogP contribution is 2.22. The van der Waals surface area contributed by atoms with Crippen molar-refractivity contribution >= 4 is 32.9 Å². The van der Waals surface area contributed by atoms with Gasteiger partial charge in [-0.15, -0.1) is 0 Å². The molecule has 3 nitrogen and oxygen atoms in total. The zero-order valence-corrected chi connectivity index (χ0v) is 11.9. The first kappa shape index (κ1) is 12.1. The molecule has 1 aromatic carbocycles. The first-order valence-electron chi connectivity index (χ1n) is 5.91. The number of aromatic nitrogens is 2. The average Bonchev–Trinajstić information content (AvgIpc) is 2.83. The van der Waals surface area contributed by atoms with Gasteiger partial charge in [0, 0.05) is 17.1 Å². The zero-order valence-electron chi connectivity index (χ0n) is 10.3. The van der Waals surface area contributed by atoms with E-state index < -0.39 is 0 Å². The fraction of sp³-hybridized carbons (Fsp3) is 0.0667. The van der Waals surface area contributed by atoms with Crippen molar-refractivity contribution in [1.29, 1.82) is 0 Å². The molecule has 3 rings (SSSR count). The van der Waals surface area contributed by atoms with Crippen molar-refractivity contribution in [2.75, 3.05) is 0 Å². The number of halogens is 1. The Morgan fingerprint density at radius 3 is 2.68 bits per heavy atom. The van der Waals surface area contributed by atoms with E-state index in [0.29, 0.717) is 11.2 Å². The SMILES string of the molecule is Cc1cc(Br)nc2c1ccn2C(=O)c1ccccc1. The predicted molar refractivity (Wildman–Crippen MR) is 78.3 cm³/mol. The van der Waals surface area contributed by atoms with E-state index in [9.17, 15) is 4.79 Å². The molecule has 0 aliphatic heterocycles. The average molecular weight is 315 g/mol. The highest BCUT2D eigenvalue weighted by atomic mass is 79.9. The van der Waals surface area contributed by atoms with Crippen LogP contribution in [-0.4, -0.2) is 15.5 Å². The van der Waals surface area contributed by atoms with Gasteiger partial charge in [-0.2, -0.15) is 0 Å². The molecule has 0 bridgehead atoms. The van der Waals surface area contributed by atoms with Gasteiger partial charge in [0.1, 0.15) is 10.3 Å². The van der Waals surface area contributed by atoms with Gasteiger partial charge in [0.15, 0.2) is 0 Å². The minimum absolute atomic E-state index is 0.0689. The standard InChI is InChI=1S/C15H11BrN2O/c1-10-9-13(16)17-14-12(10)7-8-18(14)15(19)11-5-3-2-4-6-11/h2-9H,1H3. The van der Waals surface area contributed by atoms with Crippen LogP contribution in [0.15, 0.2) is 53.3 Å². The second-order valence-corrected chi connectivity index (χ2v) is 5.17. The van der Waals surface area contributed by atoms with Crippen LogP contribution in [-0.2, 0) is 0 Å². The molecule has 0 saturated heterocycles. The van der Waals surface area contributed by atoms with E-state index in [0.717, 1.165) is 15.6 Å². The van der Waals surface area contributed by atoms with Gasteiger partial charge in [0.25, 0.3) is 5.91 Å². The third kappa shape index (κ3) is 2.08. The first-order valence-corrected chi connectivity index (χ1v) is 6.70. The summed E-state index contributed by atoms with van der Waals surface area (Å²) in [5.74, 6) is -0.0689. The lowest BCUT2D eigenvalue weighted by molar-refractivity contribution is 0.0964. The largest absolute Gasteiger partial charge is 0.268 e. The molecule has 4 heteroatoms. The van der Waals surface area contributed by atoms with Crippen molar-refractivity contribution in [3.8, 4) is 0 Å². The minimum Gasteiger partial charge on any atom is -0.268 e. The Morgan fingerprint density at radius 2 is 1.95 bits per heavy atom. The molecule has 0 aliphatic rings. The lowest BCUT2D eigenvalue weighted by Crippen LogP contribution is -2.11. The molecular formula is C15H11BrN2O. The molecule has 0 unspecified atom stereocenters. The Bertz CT molecular complexity index is 762. The van der Waals surface area contributed by atoms with E-state index in [-0.39, 0.29) is 5.91 Å². The van der Waals surface area contributed by atoms with Crippen LogP contribution in [0.1, 0.15) is 15.9 Å². The maximum absolute atomic E-state index is 12.5. The summed E-state index contributed by atoms with van der Waals surface area (Å²) >= 11 is 3.37. The van der Waals surface area contributed by atoms with Gasteiger partial charge < -0.3 is 0 Å². The van der Waals surface area contributed by atoms with Crippen molar-refractivity contribution in [2.24, 2.45) is 0 Å². The summed E-state index contributed by atoms with van der Waals surface area (Å²) < 4.78 is 2.32. The molecule has 0 aliphatic carbocycles. The summed E-state index contributed by atoms with van der Waals surface area (Å²) in [6.07, 6.45) is 1.77. The van der Waals surface area contributed by atoms with Gasteiger partial charge in [-0.25, -0.2) is 4.98 Å². The molecule has 2 aromatic heterocycles. The van der Waals surface area contributed by atoms with E-state index in [2.05, 4.69) is 20.9 Å². The number of nitrogens with zero attached hydrogens (tertiary/aromatic N) is 2. The van der Waals surface area contributed by atoms with Crippen molar-refractivity contribution in [3.63, 3.8) is 0 Å². The molecule has 0 amide bonds. The topological polar surface area (TPSA) is 34.9 Å². The predicted octanol–water partition coefficient (Wildman–Crippen LogP) is 3.80. The van der Waals surface area contributed by atoms with Gasteiger partial charge in [0.2, 0.25) is 0 Å². The molecule has 0 atom stereocenters. The molecular weight excluding hydrogens is 304 g/mol. The summed E-state index contributed by atoms with van der Waals surface area (Å²) in [6, 6.07) is 13.1. The van der Waals surface area contributed by atoms with E-state index in [1.165, 1.54) is 0 Å². The molecule has 94 valence electrons. The molecule has 0 saturated carbocycles. The van der Waals surface area contributed by atoms with Crippen molar-refractivity contribution in [3.05, 3.63) is 64.4 Å². The van der Waals surface area contributed by atoms with Crippen molar-refractivity contribution in [2.45, 2.75) is 6.92 Å². The minimum atomic E-state index is -0.0689. The Kier molecular flexibility index (Phi) is 2.95. The number of pyridine rings is 1. The van der Waals surface area contributed by atoms with E-state index in [1.54, 1.807) is 22.9 Å². The van der Waals surface area contributed by atoms with Gasteiger partial charge in [-0.1, -0.05) is 18.2 Å². The van der Waals surface area contributed by atoms with Crippen LogP contribution < -0.4 is 0 Å². The fourth-order valence-corrected chi connectivity index (χ4v) is 2.63. The monoisotopic (exact) mass is 314 g/mol. The smallest absolute Gasteiger partial charge is 0.263 e. The molecule has 0 spiro atoms. The number of hydrogen-bond acceptors (Lipinski definition) is 2. The molecule has 3 aromatic rings. The highest BCUT2D eigenvalue weighted by molar-refractivity contribution is 9.10. The first-order chi connectivity index (χ1) is 9.16. The lowest BCUT2D eigenvalue weighted by Gasteiger charge is -2.04. The van der Waals surface area contributed by atoms with Crippen LogP contribution in [0, 0.1) is 6.92 Å². The normalized spacial score (nSPS) is 10.8. The third-order valence-electron chi connectivity index (χ3n) is 3.07. The summed E-state index contributed by atoms with van der Waals surface area (Å²) in [7, 11) is 0. The van der Waals surface area contributed by atoms with E-state index in [1.807, 2.05) is 37.3 Å². The summed E-state index contributed by atoms with van der Waals surface area (Å²) in [6.45, 7) is 2.01. The molecule has 0 fully saturated rings.